The Morgan fingerprint density at radius 2 is 2.08 bits per heavy atom. The summed E-state index contributed by atoms with van der Waals surface area (Å²) in [6.45, 7) is 7.26. The molecule has 4 aliphatic rings. The molecule has 0 bridgehead atoms. The molecular weight excluding hydrogens is 512 g/mol. The topological polar surface area (TPSA) is 172 Å². The van der Waals surface area contributed by atoms with Gasteiger partial charge in [-0.15, -0.1) is 22.0 Å². The van der Waals surface area contributed by atoms with Crippen LogP contribution in [0.25, 0.3) is 0 Å². The summed E-state index contributed by atoms with van der Waals surface area (Å²) in [5.41, 5.74) is 5.99. The highest BCUT2D eigenvalue weighted by atomic mass is 32.2. The number of ketones is 1. The predicted molar refractivity (Wildman–Crippen MR) is 136 cm³/mol. The summed E-state index contributed by atoms with van der Waals surface area (Å²) in [5, 5.41) is 20.9. The van der Waals surface area contributed by atoms with E-state index in [0.717, 1.165) is 6.42 Å². The Hall–Kier alpha value is -2.77. The van der Waals surface area contributed by atoms with Crippen molar-refractivity contribution in [3.05, 3.63) is 22.4 Å². The standard InChI is InChI=1S/C25H34N6O6S/c1-11(6-15(32)7-18-29-28-13(3)37-18)19-20-12(2)22(21(25(35)36)31(20)24(19)34)38-16-8-17(27-9-16)23(33)30-5-4-14(26)10-30/h11-12,14,16-17,19-20,27H,4-10,26H2,1-3H3,(H,35,36)/t11-,12+,14+,16?,17?,19+,20+/m0/s1. The van der Waals surface area contributed by atoms with Gasteiger partial charge in [-0.2, -0.15) is 0 Å². The van der Waals surface area contributed by atoms with Gasteiger partial charge in [0, 0.05) is 55.1 Å². The molecule has 3 fully saturated rings. The lowest BCUT2D eigenvalue weighted by Crippen LogP contribution is -2.62. The molecule has 5 heterocycles. The summed E-state index contributed by atoms with van der Waals surface area (Å²) in [4.78, 5) is 54.8. The number of nitrogens with zero attached hydrogens (tertiary/aromatic N) is 4. The highest BCUT2D eigenvalue weighted by Gasteiger charge is 2.60. The second-order valence-corrected chi connectivity index (χ2v) is 12.3. The van der Waals surface area contributed by atoms with E-state index >= 15 is 0 Å². The number of Topliss-reactive ketones (excluding diaryl/α,β-unsaturated/α-hetero) is 1. The van der Waals surface area contributed by atoms with Crippen LogP contribution in [0.1, 0.15) is 44.9 Å². The fraction of sp³-hybridized carbons (Fsp3) is 0.680. The van der Waals surface area contributed by atoms with E-state index < -0.39 is 11.9 Å². The molecule has 12 nitrogen and oxygen atoms in total. The molecule has 0 spiro atoms. The number of amides is 2. The lowest BCUT2D eigenvalue weighted by atomic mass is 9.73. The Morgan fingerprint density at radius 3 is 2.71 bits per heavy atom. The minimum atomic E-state index is -1.13. The van der Waals surface area contributed by atoms with Crippen molar-refractivity contribution in [3.63, 3.8) is 0 Å². The van der Waals surface area contributed by atoms with Gasteiger partial charge >= 0.3 is 5.97 Å². The number of hydrogen-bond acceptors (Lipinski definition) is 10. The zero-order chi connectivity index (χ0) is 27.3. The van der Waals surface area contributed by atoms with Crippen LogP contribution in [-0.4, -0.2) is 91.7 Å². The maximum atomic E-state index is 13.2. The van der Waals surface area contributed by atoms with E-state index in [1.54, 1.807) is 11.8 Å². The smallest absolute Gasteiger partial charge is 0.353 e. The van der Waals surface area contributed by atoms with Crippen LogP contribution in [0.3, 0.4) is 0 Å². The van der Waals surface area contributed by atoms with Gasteiger partial charge in [0.05, 0.1) is 24.4 Å². The third kappa shape index (κ3) is 4.87. The number of carboxylic acid groups (broad SMARTS) is 1. The minimum Gasteiger partial charge on any atom is -0.477 e. The van der Waals surface area contributed by atoms with Gasteiger partial charge in [0.1, 0.15) is 11.5 Å². The monoisotopic (exact) mass is 546 g/mol. The van der Waals surface area contributed by atoms with Gasteiger partial charge in [0.15, 0.2) is 0 Å². The van der Waals surface area contributed by atoms with Gasteiger partial charge in [-0.1, -0.05) is 13.8 Å². The van der Waals surface area contributed by atoms with Gasteiger partial charge in [0.2, 0.25) is 23.6 Å². The van der Waals surface area contributed by atoms with E-state index in [0.29, 0.717) is 36.9 Å². The van der Waals surface area contributed by atoms with Gasteiger partial charge in [0.25, 0.3) is 0 Å². The number of nitrogens with one attached hydrogen (secondary N) is 1. The molecule has 2 unspecified atom stereocenters. The molecule has 206 valence electrons. The lowest BCUT2D eigenvalue weighted by molar-refractivity contribution is -0.160. The molecule has 38 heavy (non-hydrogen) atoms. The van der Waals surface area contributed by atoms with Crippen LogP contribution in [0.5, 0.6) is 0 Å². The first-order valence-corrected chi connectivity index (χ1v) is 14.0. The van der Waals surface area contributed by atoms with Crippen molar-refractivity contribution in [3.8, 4) is 0 Å². The van der Waals surface area contributed by atoms with E-state index in [4.69, 9.17) is 10.2 Å². The van der Waals surface area contributed by atoms with Crippen molar-refractivity contribution in [1.29, 1.82) is 0 Å². The molecule has 3 saturated heterocycles. The number of carboxylic acids is 1. The van der Waals surface area contributed by atoms with Crippen molar-refractivity contribution in [2.45, 2.75) is 69.8 Å². The molecule has 1 aromatic rings. The van der Waals surface area contributed by atoms with E-state index in [2.05, 4.69) is 15.5 Å². The van der Waals surface area contributed by atoms with Crippen molar-refractivity contribution in [2.24, 2.45) is 23.5 Å². The van der Waals surface area contributed by atoms with Gasteiger partial charge in [-0.25, -0.2) is 4.79 Å². The molecule has 2 amide bonds. The van der Waals surface area contributed by atoms with Crippen LogP contribution in [0.4, 0.5) is 0 Å². The van der Waals surface area contributed by atoms with Crippen LogP contribution < -0.4 is 11.1 Å². The predicted octanol–water partition coefficient (Wildman–Crippen LogP) is 0.312. The zero-order valence-corrected chi connectivity index (χ0v) is 22.6. The number of fused-ring (bicyclic) bond motifs is 1. The number of likely N-dealkylation sites (tertiary alicyclic amines) is 1. The van der Waals surface area contributed by atoms with Crippen LogP contribution in [0, 0.1) is 24.7 Å². The molecule has 0 aliphatic carbocycles. The Bertz CT molecular complexity index is 1180. The van der Waals surface area contributed by atoms with Crippen LogP contribution in [0.2, 0.25) is 0 Å². The summed E-state index contributed by atoms with van der Waals surface area (Å²) in [7, 11) is 0. The Kier molecular flexibility index (Phi) is 7.35. The summed E-state index contributed by atoms with van der Waals surface area (Å²) in [6.07, 6.45) is 1.56. The van der Waals surface area contributed by atoms with E-state index in [9.17, 15) is 24.3 Å². The largest absolute Gasteiger partial charge is 0.477 e. The summed E-state index contributed by atoms with van der Waals surface area (Å²) in [5.74, 6) is -1.70. The molecule has 1 aromatic heterocycles. The molecule has 13 heteroatoms. The molecule has 7 atom stereocenters. The quantitative estimate of drug-likeness (QED) is 0.364. The fourth-order valence-electron chi connectivity index (χ4n) is 6.27. The van der Waals surface area contributed by atoms with Crippen LogP contribution >= 0.6 is 11.8 Å². The maximum Gasteiger partial charge on any atom is 0.353 e. The molecule has 0 saturated carbocycles. The molecule has 4 aliphatic heterocycles. The number of carbonyl (C=O) groups excluding carboxylic acids is 3. The number of aliphatic carboxylic acids is 1. The normalized spacial score (nSPS) is 31.5. The van der Waals surface area contributed by atoms with Gasteiger partial charge in [-0.05, 0) is 18.8 Å². The maximum absolute atomic E-state index is 13.2. The van der Waals surface area contributed by atoms with E-state index in [1.807, 2.05) is 13.8 Å². The first-order valence-electron chi connectivity index (χ1n) is 13.1. The third-order valence-electron chi connectivity index (χ3n) is 8.09. The first-order chi connectivity index (χ1) is 18.0. The average Bonchev–Trinajstić information content (AvgIpc) is 3.62. The molecular formula is C25H34N6O6S. The average molecular weight is 547 g/mol. The number of carbonyl (C=O) groups is 4. The molecule has 4 N–H and O–H groups in total. The number of aryl methyl sites for hydroxylation is 1. The van der Waals surface area contributed by atoms with Crippen molar-refractivity contribution in [1.82, 2.24) is 25.3 Å². The summed E-state index contributed by atoms with van der Waals surface area (Å²) < 4.78 is 5.29. The number of nitrogens with two attached hydrogens (primary N) is 1. The Morgan fingerprint density at radius 1 is 1.32 bits per heavy atom. The Balaban J connectivity index is 1.23. The second-order valence-electron chi connectivity index (χ2n) is 10.9. The highest BCUT2D eigenvalue weighted by Crippen LogP contribution is 2.53. The lowest BCUT2D eigenvalue weighted by Gasteiger charge is -2.47. The number of thioether (sulfide) groups is 1. The highest BCUT2D eigenvalue weighted by molar-refractivity contribution is 8.03. The number of hydrogen-bond donors (Lipinski definition) is 3. The van der Waals surface area contributed by atoms with Crippen molar-refractivity contribution in [2.75, 3.05) is 19.6 Å². The third-order valence-corrected chi connectivity index (χ3v) is 9.60. The van der Waals surface area contributed by atoms with Crippen molar-refractivity contribution >= 4 is 35.3 Å². The Labute approximate surface area is 224 Å². The second kappa shape index (κ2) is 10.4. The number of β-lactam (4-membered cyclic amide) rings is 1. The first kappa shape index (κ1) is 26.8. The van der Waals surface area contributed by atoms with Crippen LogP contribution in [-0.2, 0) is 25.6 Å². The van der Waals surface area contributed by atoms with E-state index in [1.165, 1.54) is 16.7 Å². The molecule has 5 rings (SSSR count). The summed E-state index contributed by atoms with van der Waals surface area (Å²) in [6, 6.07) is -0.602. The number of aromatic nitrogens is 2. The van der Waals surface area contributed by atoms with Crippen LogP contribution in [0.15, 0.2) is 15.0 Å². The van der Waals surface area contributed by atoms with E-state index in [-0.39, 0.29) is 77.2 Å². The zero-order valence-electron chi connectivity index (χ0n) is 21.8. The van der Waals surface area contributed by atoms with Crippen molar-refractivity contribution < 1.29 is 28.7 Å². The van der Waals surface area contributed by atoms with Gasteiger partial charge in [-0.3, -0.25) is 14.4 Å². The SMILES string of the molecule is Cc1nnc(CC(=O)C[C@H](C)[C@H]2C(=O)N3C(C(=O)O)=C(SC4CNC(C(=O)N5CC[C@@H](N)C5)C4)[C@H](C)[C@H]23)o1. The fourth-order valence-corrected chi connectivity index (χ4v) is 7.75. The molecule has 0 radical (unpaired) electrons. The summed E-state index contributed by atoms with van der Waals surface area (Å²) >= 11 is 1.46. The van der Waals surface area contributed by atoms with Gasteiger partial charge < -0.3 is 30.4 Å². The number of rotatable bonds is 9. The molecule has 0 aromatic carbocycles. The minimum absolute atomic E-state index is 0.00762.